The van der Waals surface area contributed by atoms with Crippen molar-refractivity contribution in [1.82, 2.24) is 25.0 Å². The van der Waals surface area contributed by atoms with Gasteiger partial charge in [-0.05, 0) is 17.5 Å². The summed E-state index contributed by atoms with van der Waals surface area (Å²) in [5, 5.41) is 11.0. The minimum Gasteiger partial charge on any atom is -0.366 e. The monoisotopic (exact) mass is 327 g/mol. The van der Waals surface area contributed by atoms with Crippen LogP contribution >= 0.6 is 0 Å². The molecule has 0 saturated carbocycles. The van der Waals surface area contributed by atoms with Crippen LogP contribution in [0, 0.1) is 0 Å². The summed E-state index contributed by atoms with van der Waals surface area (Å²) in [7, 11) is 1.88. The Labute approximate surface area is 140 Å². The van der Waals surface area contributed by atoms with Gasteiger partial charge in [0.05, 0.1) is 13.2 Å². The Morgan fingerprint density at radius 3 is 3.08 bits per heavy atom. The number of rotatable bonds is 3. The number of carbonyl (C=O) groups excluding carboxylic acids is 1. The molecular weight excluding hydrogens is 306 g/mol. The van der Waals surface area contributed by atoms with Crippen LogP contribution in [-0.2, 0) is 18.2 Å². The van der Waals surface area contributed by atoms with Crippen molar-refractivity contribution in [1.29, 1.82) is 0 Å². The second-order valence-electron chi connectivity index (χ2n) is 6.39. The normalized spacial score (nSPS) is 22.6. The molecule has 0 radical (unpaired) electrons. The SMILES string of the molecule is Cn1cnnc1[C@@H]1CN(C(=O)NC[C@@H]2Cc3ccccc32)CCO1. The zero-order valence-electron chi connectivity index (χ0n) is 13.7. The summed E-state index contributed by atoms with van der Waals surface area (Å²) in [5.74, 6) is 1.18. The average Bonchev–Trinajstić information content (AvgIpc) is 3.02. The van der Waals surface area contributed by atoms with Gasteiger partial charge < -0.3 is 19.5 Å². The Kier molecular flexibility index (Phi) is 3.93. The van der Waals surface area contributed by atoms with E-state index in [4.69, 9.17) is 4.74 Å². The Hall–Kier alpha value is -2.41. The second-order valence-corrected chi connectivity index (χ2v) is 6.39. The largest absolute Gasteiger partial charge is 0.366 e. The standard InChI is InChI=1S/C17H21N5O2/c1-21-11-19-20-16(21)15-10-22(6-7-24-15)17(23)18-9-13-8-12-4-2-3-5-14(12)13/h2-5,11,13,15H,6-10H2,1H3,(H,18,23)/t13-,15-/m0/s1. The fraction of sp³-hybridized carbons (Fsp3) is 0.471. The number of nitrogens with zero attached hydrogens (tertiary/aromatic N) is 4. The van der Waals surface area contributed by atoms with Gasteiger partial charge in [-0.2, -0.15) is 0 Å². The smallest absolute Gasteiger partial charge is 0.317 e. The topological polar surface area (TPSA) is 72.3 Å². The van der Waals surface area contributed by atoms with Crippen molar-refractivity contribution in [3.63, 3.8) is 0 Å². The van der Waals surface area contributed by atoms with Gasteiger partial charge in [0.2, 0.25) is 0 Å². The molecule has 1 aliphatic carbocycles. The van der Waals surface area contributed by atoms with Crippen molar-refractivity contribution in [3.8, 4) is 0 Å². The lowest BCUT2D eigenvalue weighted by Gasteiger charge is -2.34. The van der Waals surface area contributed by atoms with Crippen molar-refractivity contribution in [2.75, 3.05) is 26.2 Å². The van der Waals surface area contributed by atoms with Crippen molar-refractivity contribution < 1.29 is 9.53 Å². The lowest BCUT2D eigenvalue weighted by atomic mass is 9.78. The Balaban J connectivity index is 1.33. The fourth-order valence-corrected chi connectivity index (χ4v) is 3.44. The molecule has 0 bridgehead atoms. The maximum absolute atomic E-state index is 12.5. The van der Waals surface area contributed by atoms with Crippen LogP contribution in [0.4, 0.5) is 4.79 Å². The third-order valence-corrected chi connectivity index (χ3v) is 4.85. The molecule has 1 aromatic carbocycles. The quantitative estimate of drug-likeness (QED) is 0.920. The van der Waals surface area contributed by atoms with Crippen LogP contribution in [0.5, 0.6) is 0 Å². The minimum atomic E-state index is -0.221. The predicted molar refractivity (Wildman–Crippen MR) is 87.6 cm³/mol. The molecule has 4 rings (SSSR count). The number of fused-ring (bicyclic) bond motifs is 1. The number of nitrogens with one attached hydrogen (secondary N) is 1. The van der Waals surface area contributed by atoms with Crippen LogP contribution in [0.25, 0.3) is 0 Å². The van der Waals surface area contributed by atoms with Crippen LogP contribution in [0.15, 0.2) is 30.6 Å². The number of benzene rings is 1. The van der Waals surface area contributed by atoms with Gasteiger partial charge in [0.25, 0.3) is 0 Å². The Bertz CT molecular complexity index is 744. The Morgan fingerprint density at radius 1 is 1.42 bits per heavy atom. The molecule has 2 aliphatic rings. The molecule has 1 N–H and O–H groups in total. The molecule has 24 heavy (non-hydrogen) atoms. The summed E-state index contributed by atoms with van der Waals surface area (Å²) in [5.41, 5.74) is 2.75. The van der Waals surface area contributed by atoms with E-state index in [9.17, 15) is 4.79 Å². The lowest BCUT2D eigenvalue weighted by molar-refractivity contribution is -0.0214. The van der Waals surface area contributed by atoms with Crippen molar-refractivity contribution >= 4 is 6.03 Å². The molecule has 0 unspecified atom stereocenters. The van der Waals surface area contributed by atoms with Gasteiger partial charge in [-0.25, -0.2) is 4.79 Å². The summed E-state index contributed by atoms with van der Waals surface area (Å²) in [6.45, 7) is 2.29. The minimum absolute atomic E-state index is 0.0325. The molecule has 2 aromatic rings. The number of urea groups is 1. The first kappa shape index (κ1) is 15.1. The van der Waals surface area contributed by atoms with Crippen LogP contribution < -0.4 is 5.32 Å². The molecule has 2 atom stereocenters. The van der Waals surface area contributed by atoms with Crippen LogP contribution in [0.3, 0.4) is 0 Å². The number of morpholine rings is 1. The number of aromatic nitrogens is 3. The van der Waals surface area contributed by atoms with Crippen molar-refractivity contribution in [2.45, 2.75) is 18.4 Å². The van der Waals surface area contributed by atoms with Crippen LogP contribution in [0.2, 0.25) is 0 Å². The molecule has 2 heterocycles. The van der Waals surface area contributed by atoms with E-state index < -0.39 is 0 Å². The third-order valence-electron chi connectivity index (χ3n) is 4.85. The molecule has 7 heteroatoms. The maximum atomic E-state index is 12.5. The maximum Gasteiger partial charge on any atom is 0.317 e. The number of aryl methyl sites for hydroxylation is 1. The highest BCUT2D eigenvalue weighted by Gasteiger charge is 2.30. The van der Waals surface area contributed by atoms with E-state index in [2.05, 4.69) is 39.8 Å². The summed E-state index contributed by atoms with van der Waals surface area (Å²) >= 11 is 0. The molecule has 1 aromatic heterocycles. The van der Waals surface area contributed by atoms with E-state index in [1.165, 1.54) is 11.1 Å². The fourth-order valence-electron chi connectivity index (χ4n) is 3.44. The molecule has 1 fully saturated rings. The first-order valence-corrected chi connectivity index (χ1v) is 8.28. The number of amides is 2. The lowest BCUT2D eigenvalue weighted by Crippen LogP contribution is -2.48. The van der Waals surface area contributed by atoms with E-state index >= 15 is 0 Å². The van der Waals surface area contributed by atoms with E-state index in [0.717, 1.165) is 12.2 Å². The molecule has 126 valence electrons. The van der Waals surface area contributed by atoms with Crippen molar-refractivity contribution in [2.24, 2.45) is 7.05 Å². The van der Waals surface area contributed by atoms with Gasteiger partial charge in [-0.3, -0.25) is 0 Å². The zero-order valence-corrected chi connectivity index (χ0v) is 13.7. The van der Waals surface area contributed by atoms with Crippen LogP contribution in [-0.4, -0.2) is 51.9 Å². The van der Waals surface area contributed by atoms with E-state index in [1.54, 1.807) is 11.2 Å². The molecule has 0 spiro atoms. The first-order chi connectivity index (χ1) is 11.7. The van der Waals surface area contributed by atoms with Gasteiger partial charge >= 0.3 is 6.03 Å². The van der Waals surface area contributed by atoms with Crippen LogP contribution in [0.1, 0.15) is 29.0 Å². The highest BCUT2D eigenvalue weighted by atomic mass is 16.5. The van der Waals surface area contributed by atoms with Gasteiger partial charge in [-0.1, -0.05) is 24.3 Å². The van der Waals surface area contributed by atoms with Gasteiger partial charge in [0.1, 0.15) is 12.4 Å². The van der Waals surface area contributed by atoms with Gasteiger partial charge in [0, 0.05) is 26.1 Å². The number of hydrogen-bond donors (Lipinski definition) is 1. The highest BCUT2D eigenvalue weighted by Crippen LogP contribution is 2.34. The number of hydrogen-bond acceptors (Lipinski definition) is 4. The summed E-state index contributed by atoms with van der Waals surface area (Å²) in [4.78, 5) is 14.3. The molecule has 7 nitrogen and oxygen atoms in total. The number of ether oxygens (including phenoxy) is 1. The van der Waals surface area contributed by atoms with Gasteiger partial charge in [0.15, 0.2) is 5.82 Å². The summed E-state index contributed by atoms with van der Waals surface area (Å²) in [6.07, 6.45) is 2.47. The van der Waals surface area contributed by atoms with Gasteiger partial charge in [-0.15, -0.1) is 10.2 Å². The van der Waals surface area contributed by atoms with E-state index in [-0.39, 0.29) is 12.1 Å². The molecule has 2 amide bonds. The molecule has 1 aliphatic heterocycles. The third kappa shape index (κ3) is 2.75. The first-order valence-electron chi connectivity index (χ1n) is 8.28. The Morgan fingerprint density at radius 2 is 2.29 bits per heavy atom. The highest BCUT2D eigenvalue weighted by molar-refractivity contribution is 5.74. The summed E-state index contributed by atoms with van der Waals surface area (Å²) in [6, 6.07) is 8.39. The average molecular weight is 327 g/mol. The zero-order chi connectivity index (χ0) is 16.5. The predicted octanol–water partition coefficient (Wildman–Crippen LogP) is 1.24. The number of carbonyl (C=O) groups is 1. The summed E-state index contributed by atoms with van der Waals surface area (Å²) < 4.78 is 7.57. The van der Waals surface area contributed by atoms with E-state index in [0.29, 0.717) is 32.2 Å². The molecule has 1 saturated heterocycles. The van der Waals surface area contributed by atoms with E-state index in [1.807, 2.05) is 11.6 Å². The van der Waals surface area contributed by atoms with Crippen molar-refractivity contribution in [3.05, 3.63) is 47.5 Å². The second kappa shape index (κ2) is 6.24. The molecular formula is C17H21N5O2.